The lowest BCUT2D eigenvalue weighted by molar-refractivity contribution is 0.301. The molecule has 2 aromatic heterocycles. The highest BCUT2D eigenvalue weighted by molar-refractivity contribution is 5.42. The molecule has 1 aromatic carbocycles. The summed E-state index contributed by atoms with van der Waals surface area (Å²) < 4.78 is 7.13. The summed E-state index contributed by atoms with van der Waals surface area (Å²) >= 11 is 0. The van der Waals surface area contributed by atoms with Gasteiger partial charge in [-0.3, -0.25) is 9.20 Å². The molecule has 5 heteroatoms. The molecule has 0 radical (unpaired) electrons. The highest BCUT2D eigenvalue weighted by Gasteiger charge is 2.03. The number of nitrogens with two attached hydrogens (primary N) is 1. The Labute approximate surface area is 121 Å². The topological polar surface area (TPSA) is 69.6 Å². The minimum absolute atomic E-state index is 0.115. The fourth-order valence-electron chi connectivity index (χ4n) is 2.05. The number of rotatable bonds is 3. The summed E-state index contributed by atoms with van der Waals surface area (Å²) in [5.41, 5.74) is 8.46. The predicted octanol–water partition coefficient (Wildman–Crippen LogP) is 2.16. The normalized spacial score (nSPS) is 10.7. The average Bonchev–Trinajstić information content (AvgIpc) is 2.46. The van der Waals surface area contributed by atoms with Gasteiger partial charge in [-0.25, -0.2) is 4.98 Å². The lowest BCUT2D eigenvalue weighted by Gasteiger charge is -2.07. The molecule has 0 saturated carbocycles. The first kappa shape index (κ1) is 13.2. The van der Waals surface area contributed by atoms with E-state index in [0.717, 1.165) is 5.56 Å². The summed E-state index contributed by atoms with van der Waals surface area (Å²) in [6.07, 6.45) is 1.73. The van der Waals surface area contributed by atoms with Crippen molar-refractivity contribution < 1.29 is 4.74 Å². The van der Waals surface area contributed by atoms with Crippen molar-refractivity contribution in [1.82, 2.24) is 9.38 Å². The molecule has 2 N–H and O–H groups in total. The molecule has 0 bridgehead atoms. The van der Waals surface area contributed by atoms with Gasteiger partial charge in [0.05, 0.1) is 5.69 Å². The molecule has 0 spiro atoms. The number of aryl methyl sites for hydroxylation is 1. The monoisotopic (exact) mass is 281 g/mol. The molecule has 0 amide bonds. The molecular weight excluding hydrogens is 266 g/mol. The van der Waals surface area contributed by atoms with Crippen molar-refractivity contribution in [3.63, 3.8) is 0 Å². The number of nitrogens with zero attached hydrogens (tertiary/aromatic N) is 2. The Hall–Kier alpha value is -2.82. The maximum Gasteiger partial charge on any atom is 0.258 e. The summed E-state index contributed by atoms with van der Waals surface area (Å²) in [5, 5.41) is 0. The number of fused-ring (bicyclic) bond motifs is 1. The minimum atomic E-state index is -0.115. The Morgan fingerprint density at radius 3 is 2.71 bits per heavy atom. The van der Waals surface area contributed by atoms with Crippen molar-refractivity contribution in [2.45, 2.75) is 13.5 Å². The van der Waals surface area contributed by atoms with Gasteiger partial charge in [-0.15, -0.1) is 0 Å². The average molecular weight is 281 g/mol. The molecule has 0 aliphatic heterocycles. The Kier molecular flexibility index (Phi) is 3.31. The fourth-order valence-corrected chi connectivity index (χ4v) is 2.05. The van der Waals surface area contributed by atoms with Gasteiger partial charge in [0.25, 0.3) is 5.56 Å². The van der Waals surface area contributed by atoms with Crippen LogP contribution in [0.15, 0.2) is 53.5 Å². The van der Waals surface area contributed by atoms with E-state index in [0.29, 0.717) is 22.8 Å². The second-order valence-electron chi connectivity index (χ2n) is 4.88. The smallest absolute Gasteiger partial charge is 0.258 e. The Balaban J connectivity index is 1.87. The minimum Gasteiger partial charge on any atom is -0.487 e. The zero-order valence-corrected chi connectivity index (χ0v) is 11.6. The molecule has 106 valence electrons. The number of ether oxygens (including phenoxy) is 1. The lowest BCUT2D eigenvalue weighted by atomic mass is 10.3. The largest absolute Gasteiger partial charge is 0.487 e. The number of pyridine rings is 1. The molecule has 0 aliphatic carbocycles. The van der Waals surface area contributed by atoms with Crippen LogP contribution in [-0.4, -0.2) is 9.38 Å². The third-order valence-electron chi connectivity index (χ3n) is 3.14. The van der Waals surface area contributed by atoms with E-state index in [1.807, 2.05) is 19.1 Å². The molecule has 0 atom stereocenters. The molecule has 2 heterocycles. The van der Waals surface area contributed by atoms with Gasteiger partial charge < -0.3 is 10.5 Å². The van der Waals surface area contributed by atoms with Crippen LogP contribution in [0.4, 0.5) is 5.69 Å². The van der Waals surface area contributed by atoms with Gasteiger partial charge in [0.1, 0.15) is 18.0 Å². The number of aromatic nitrogens is 2. The summed E-state index contributed by atoms with van der Waals surface area (Å²) in [6, 6.07) is 12.3. The lowest BCUT2D eigenvalue weighted by Crippen LogP contribution is -2.16. The van der Waals surface area contributed by atoms with Gasteiger partial charge in [-0.2, -0.15) is 0 Å². The molecule has 0 aliphatic rings. The van der Waals surface area contributed by atoms with Crippen molar-refractivity contribution in [2.24, 2.45) is 0 Å². The van der Waals surface area contributed by atoms with E-state index in [1.165, 1.54) is 10.5 Å². The highest BCUT2D eigenvalue weighted by Crippen LogP contribution is 2.14. The first-order valence-electron chi connectivity index (χ1n) is 6.59. The van der Waals surface area contributed by atoms with Crippen LogP contribution in [0.1, 0.15) is 11.3 Å². The zero-order valence-electron chi connectivity index (χ0n) is 11.6. The van der Waals surface area contributed by atoms with Crippen LogP contribution >= 0.6 is 0 Å². The Bertz CT molecular complexity index is 838. The Morgan fingerprint density at radius 2 is 1.95 bits per heavy atom. The van der Waals surface area contributed by atoms with E-state index in [2.05, 4.69) is 4.98 Å². The predicted molar refractivity (Wildman–Crippen MR) is 81.4 cm³/mol. The number of benzene rings is 1. The third kappa shape index (κ3) is 2.86. The number of hydrogen-bond donors (Lipinski definition) is 1. The van der Waals surface area contributed by atoms with Gasteiger partial charge >= 0.3 is 0 Å². The van der Waals surface area contributed by atoms with Crippen LogP contribution in [0.3, 0.4) is 0 Å². The van der Waals surface area contributed by atoms with Crippen molar-refractivity contribution in [3.05, 3.63) is 70.3 Å². The summed E-state index contributed by atoms with van der Waals surface area (Å²) in [7, 11) is 0. The molecule has 3 rings (SSSR count). The van der Waals surface area contributed by atoms with Crippen LogP contribution in [0.2, 0.25) is 0 Å². The van der Waals surface area contributed by atoms with E-state index < -0.39 is 0 Å². The highest BCUT2D eigenvalue weighted by atomic mass is 16.5. The molecule has 0 fully saturated rings. The maximum atomic E-state index is 12.0. The van der Waals surface area contributed by atoms with Gasteiger partial charge in [0.2, 0.25) is 0 Å². The first-order valence-corrected chi connectivity index (χ1v) is 6.59. The quantitative estimate of drug-likeness (QED) is 0.747. The second-order valence-corrected chi connectivity index (χ2v) is 4.88. The van der Waals surface area contributed by atoms with Crippen LogP contribution in [0.5, 0.6) is 5.75 Å². The van der Waals surface area contributed by atoms with Crippen molar-refractivity contribution in [3.8, 4) is 5.75 Å². The molecule has 21 heavy (non-hydrogen) atoms. The second kappa shape index (κ2) is 5.28. The third-order valence-corrected chi connectivity index (χ3v) is 3.14. The fraction of sp³-hybridized carbons (Fsp3) is 0.125. The molecule has 3 aromatic rings. The van der Waals surface area contributed by atoms with Crippen molar-refractivity contribution in [1.29, 1.82) is 0 Å². The van der Waals surface area contributed by atoms with E-state index in [9.17, 15) is 4.79 Å². The number of anilines is 1. The van der Waals surface area contributed by atoms with E-state index in [-0.39, 0.29) is 12.2 Å². The molecule has 0 unspecified atom stereocenters. The van der Waals surface area contributed by atoms with E-state index >= 15 is 0 Å². The van der Waals surface area contributed by atoms with Crippen LogP contribution in [0, 0.1) is 6.92 Å². The SMILES string of the molecule is Cc1ccn2c(=O)cc(COc3ccc(N)cc3)nc2c1. The van der Waals surface area contributed by atoms with Gasteiger partial charge in [-0.05, 0) is 48.9 Å². The summed E-state index contributed by atoms with van der Waals surface area (Å²) in [6.45, 7) is 2.20. The Morgan fingerprint density at radius 1 is 1.19 bits per heavy atom. The molecular formula is C16H15N3O2. The first-order chi connectivity index (χ1) is 10.1. The maximum absolute atomic E-state index is 12.0. The van der Waals surface area contributed by atoms with Gasteiger partial charge in [0, 0.05) is 18.0 Å². The zero-order chi connectivity index (χ0) is 14.8. The standard InChI is InChI=1S/C16H15N3O2/c1-11-6-7-19-15(8-11)18-13(9-16(19)20)10-21-14-4-2-12(17)3-5-14/h2-9H,10,17H2,1H3. The molecule has 0 saturated heterocycles. The van der Waals surface area contributed by atoms with E-state index in [1.54, 1.807) is 30.5 Å². The van der Waals surface area contributed by atoms with Crippen molar-refractivity contribution >= 4 is 11.3 Å². The summed E-state index contributed by atoms with van der Waals surface area (Å²) in [4.78, 5) is 16.5. The van der Waals surface area contributed by atoms with Crippen molar-refractivity contribution in [2.75, 3.05) is 5.73 Å². The van der Waals surface area contributed by atoms with Crippen LogP contribution in [-0.2, 0) is 6.61 Å². The van der Waals surface area contributed by atoms with Gasteiger partial charge in [0.15, 0.2) is 0 Å². The van der Waals surface area contributed by atoms with E-state index in [4.69, 9.17) is 10.5 Å². The number of nitrogen functional groups attached to an aromatic ring is 1. The van der Waals surface area contributed by atoms with Crippen LogP contribution < -0.4 is 16.0 Å². The molecule has 5 nitrogen and oxygen atoms in total. The summed E-state index contributed by atoms with van der Waals surface area (Å²) in [5.74, 6) is 0.690. The van der Waals surface area contributed by atoms with Gasteiger partial charge in [-0.1, -0.05) is 0 Å². The number of hydrogen-bond acceptors (Lipinski definition) is 4. The van der Waals surface area contributed by atoms with Crippen LogP contribution in [0.25, 0.3) is 5.65 Å².